The predicted molar refractivity (Wildman–Crippen MR) is 95.8 cm³/mol. The Labute approximate surface area is 154 Å². The van der Waals surface area contributed by atoms with Gasteiger partial charge in [0.15, 0.2) is 0 Å². The van der Waals surface area contributed by atoms with Gasteiger partial charge in [0.1, 0.15) is 12.4 Å². The lowest BCUT2D eigenvalue weighted by Gasteiger charge is -2.33. The first-order chi connectivity index (χ1) is 11.7. The van der Waals surface area contributed by atoms with Crippen molar-refractivity contribution < 1.29 is 18.3 Å². The summed E-state index contributed by atoms with van der Waals surface area (Å²) in [5.41, 5.74) is 1.06. The molecule has 0 aromatic heterocycles. The van der Waals surface area contributed by atoms with Crippen molar-refractivity contribution in [3.63, 3.8) is 0 Å². The summed E-state index contributed by atoms with van der Waals surface area (Å²) in [5, 5.41) is 7.21. The summed E-state index contributed by atoms with van der Waals surface area (Å²) in [5.74, 6) is 1.09. The predicted octanol–water partition coefficient (Wildman–Crippen LogP) is 3.00. The number of morpholine rings is 1. The molecule has 7 heteroatoms. The average Bonchev–Trinajstić information content (AvgIpc) is 3.08. The number of hydrogen-bond donors (Lipinski definition) is 2. The maximum absolute atomic E-state index is 12.2. The van der Waals surface area contributed by atoms with Crippen LogP contribution in [0.5, 0.6) is 5.75 Å². The normalized spacial score (nSPS) is 26.4. The van der Waals surface area contributed by atoms with Crippen molar-refractivity contribution in [3.05, 3.63) is 29.8 Å². The molecule has 1 aliphatic carbocycles. The molecule has 0 bridgehead atoms. The zero-order valence-electron chi connectivity index (χ0n) is 14.3. The number of rotatable bonds is 7. The summed E-state index contributed by atoms with van der Waals surface area (Å²) in [6.07, 6.45) is 1.18. The minimum Gasteiger partial charge on any atom is -0.488 e. The Kier molecular flexibility index (Phi) is 8.36. The standard InChI is InChI=1S/C18H26F2N2O2.ClH/c19-18(20)12-24-14-4-1-3-13(9-14)10-22-16-6-2-5-15(16)17-11-23-8-7-21-17;/h1,3-4,9,15-18,21-22H,2,5-8,10-12H2;1H. The number of alkyl halides is 2. The highest BCUT2D eigenvalue weighted by molar-refractivity contribution is 5.85. The molecule has 2 N–H and O–H groups in total. The first kappa shape index (κ1) is 20.4. The van der Waals surface area contributed by atoms with Crippen LogP contribution in [0.15, 0.2) is 24.3 Å². The Bertz CT molecular complexity index is 516. The van der Waals surface area contributed by atoms with E-state index in [2.05, 4.69) is 10.6 Å². The van der Waals surface area contributed by atoms with Crippen LogP contribution < -0.4 is 15.4 Å². The van der Waals surface area contributed by atoms with Gasteiger partial charge >= 0.3 is 0 Å². The number of ether oxygens (including phenoxy) is 2. The van der Waals surface area contributed by atoms with E-state index < -0.39 is 13.0 Å². The molecule has 3 rings (SSSR count). The van der Waals surface area contributed by atoms with E-state index in [9.17, 15) is 8.78 Å². The smallest absolute Gasteiger partial charge is 0.272 e. The van der Waals surface area contributed by atoms with E-state index in [-0.39, 0.29) is 12.4 Å². The Hall–Kier alpha value is -0.950. The average molecular weight is 377 g/mol. The van der Waals surface area contributed by atoms with Gasteiger partial charge < -0.3 is 20.1 Å². The van der Waals surface area contributed by atoms with E-state index in [1.807, 2.05) is 18.2 Å². The topological polar surface area (TPSA) is 42.5 Å². The van der Waals surface area contributed by atoms with Crippen LogP contribution in [0.25, 0.3) is 0 Å². The molecule has 142 valence electrons. The maximum Gasteiger partial charge on any atom is 0.272 e. The van der Waals surface area contributed by atoms with Gasteiger partial charge in [-0.25, -0.2) is 8.78 Å². The highest BCUT2D eigenvalue weighted by Gasteiger charge is 2.34. The first-order valence-corrected chi connectivity index (χ1v) is 8.77. The fourth-order valence-electron chi connectivity index (χ4n) is 3.74. The van der Waals surface area contributed by atoms with Crippen molar-refractivity contribution in [1.82, 2.24) is 10.6 Å². The van der Waals surface area contributed by atoms with Crippen molar-refractivity contribution in [2.45, 2.75) is 44.3 Å². The van der Waals surface area contributed by atoms with Crippen LogP contribution in [0, 0.1) is 5.92 Å². The van der Waals surface area contributed by atoms with Gasteiger partial charge in [0.05, 0.1) is 13.2 Å². The van der Waals surface area contributed by atoms with Crippen LogP contribution in [0.2, 0.25) is 0 Å². The second-order valence-electron chi connectivity index (χ2n) is 6.57. The fraction of sp³-hybridized carbons (Fsp3) is 0.667. The number of halogens is 3. The van der Waals surface area contributed by atoms with Crippen molar-refractivity contribution in [2.75, 3.05) is 26.4 Å². The van der Waals surface area contributed by atoms with Crippen LogP contribution >= 0.6 is 12.4 Å². The molecular formula is C18H27ClF2N2O2. The third-order valence-electron chi connectivity index (χ3n) is 4.88. The Morgan fingerprint density at radius 3 is 2.96 bits per heavy atom. The van der Waals surface area contributed by atoms with Crippen molar-refractivity contribution in [2.24, 2.45) is 5.92 Å². The van der Waals surface area contributed by atoms with Gasteiger partial charge in [0.25, 0.3) is 6.43 Å². The third-order valence-corrected chi connectivity index (χ3v) is 4.88. The Balaban J connectivity index is 0.00000225. The minimum atomic E-state index is -2.45. The fourth-order valence-corrected chi connectivity index (χ4v) is 3.74. The van der Waals surface area contributed by atoms with E-state index >= 15 is 0 Å². The second-order valence-corrected chi connectivity index (χ2v) is 6.57. The molecule has 2 aliphatic rings. The minimum absolute atomic E-state index is 0. The Morgan fingerprint density at radius 2 is 2.20 bits per heavy atom. The Morgan fingerprint density at radius 1 is 1.32 bits per heavy atom. The molecule has 1 heterocycles. The van der Waals surface area contributed by atoms with E-state index in [4.69, 9.17) is 9.47 Å². The summed E-state index contributed by atoms with van der Waals surface area (Å²) in [6.45, 7) is 2.68. The van der Waals surface area contributed by atoms with Crippen molar-refractivity contribution in [1.29, 1.82) is 0 Å². The van der Waals surface area contributed by atoms with Gasteiger partial charge in [-0.2, -0.15) is 0 Å². The van der Waals surface area contributed by atoms with E-state index in [0.29, 0.717) is 23.8 Å². The van der Waals surface area contributed by atoms with Crippen LogP contribution in [0.1, 0.15) is 24.8 Å². The summed E-state index contributed by atoms with van der Waals surface area (Å²) in [7, 11) is 0. The zero-order valence-corrected chi connectivity index (χ0v) is 15.1. The van der Waals surface area contributed by atoms with E-state index in [1.165, 1.54) is 19.3 Å². The van der Waals surface area contributed by atoms with Gasteiger partial charge in [0.2, 0.25) is 0 Å². The molecule has 25 heavy (non-hydrogen) atoms. The summed E-state index contributed by atoms with van der Waals surface area (Å²) >= 11 is 0. The van der Waals surface area contributed by atoms with Gasteiger partial charge in [-0.3, -0.25) is 0 Å². The second kappa shape index (κ2) is 10.3. The lowest BCUT2D eigenvalue weighted by molar-refractivity contribution is 0.0524. The monoisotopic (exact) mass is 376 g/mol. The molecular weight excluding hydrogens is 350 g/mol. The van der Waals surface area contributed by atoms with E-state index in [1.54, 1.807) is 6.07 Å². The number of benzene rings is 1. The molecule has 1 saturated heterocycles. The molecule has 1 aromatic rings. The summed E-state index contributed by atoms with van der Waals surface area (Å²) in [4.78, 5) is 0. The highest BCUT2D eigenvalue weighted by atomic mass is 35.5. The SMILES string of the molecule is Cl.FC(F)COc1cccc(CNC2CCCC2C2COCCN2)c1. The van der Waals surface area contributed by atoms with Crippen LogP contribution in [0.3, 0.4) is 0 Å². The molecule has 3 unspecified atom stereocenters. The summed E-state index contributed by atoms with van der Waals surface area (Å²) < 4.78 is 35.2. The lowest BCUT2D eigenvalue weighted by atomic mass is 9.94. The zero-order chi connectivity index (χ0) is 16.8. The maximum atomic E-state index is 12.2. The number of hydrogen-bond acceptors (Lipinski definition) is 4. The molecule has 3 atom stereocenters. The molecule has 4 nitrogen and oxygen atoms in total. The molecule has 1 aromatic carbocycles. The highest BCUT2D eigenvalue weighted by Crippen LogP contribution is 2.29. The summed E-state index contributed by atoms with van der Waals surface area (Å²) in [6, 6.07) is 8.29. The van der Waals surface area contributed by atoms with Gasteiger partial charge in [0, 0.05) is 25.2 Å². The third kappa shape index (κ3) is 6.06. The molecule has 1 aliphatic heterocycles. The molecule has 0 radical (unpaired) electrons. The largest absolute Gasteiger partial charge is 0.488 e. The first-order valence-electron chi connectivity index (χ1n) is 8.77. The van der Waals surface area contributed by atoms with Gasteiger partial charge in [-0.15, -0.1) is 12.4 Å². The van der Waals surface area contributed by atoms with Crippen LogP contribution in [0.4, 0.5) is 8.78 Å². The lowest BCUT2D eigenvalue weighted by Crippen LogP contribution is -2.50. The molecule has 1 saturated carbocycles. The van der Waals surface area contributed by atoms with Gasteiger partial charge in [-0.1, -0.05) is 18.6 Å². The molecule has 0 amide bonds. The quantitative estimate of drug-likeness (QED) is 0.767. The van der Waals surface area contributed by atoms with Crippen LogP contribution in [-0.2, 0) is 11.3 Å². The van der Waals surface area contributed by atoms with Crippen LogP contribution in [-0.4, -0.2) is 44.9 Å². The molecule has 0 spiro atoms. The van der Waals surface area contributed by atoms with Gasteiger partial charge in [-0.05, 0) is 36.5 Å². The van der Waals surface area contributed by atoms with Crippen molar-refractivity contribution >= 4 is 12.4 Å². The van der Waals surface area contributed by atoms with Crippen molar-refractivity contribution in [3.8, 4) is 5.75 Å². The van der Waals surface area contributed by atoms with E-state index in [0.717, 1.165) is 31.9 Å². The number of nitrogens with one attached hydrogen (secondary N) is 2. The molecule has 2 fully saturated rings.